The number of halogens is 1. The van der Waals surface area contributed by atoms with Crippen LogP contribution in [0.15, 0.2) is 16.9 Å². The van der Waals surface area contributed by atoms with Crippen molar-refractivity contribution < 1.29 is 9.47 Å². The number of aromatic nitrogens is 2. The van der Waals surface area contributed by atoms with Crippen LogP contribution in [-0.4, -0.2) is 23.7 Å². The molecule has 102 valence electrons. The topological polar surface area (TPSA) is 64.2 Å². The molecule has 1 N–H and O–H groups in total. The molecule has 0 saturated carbocycles. The summed E-state index contributed by atoms with van der Waals surface area (Å²) in [6.45, 7) is 2.68. The van der Waals surface area contributed by atoms with E-state index in [2.05, 4.69) is 16.9 Å². The smallest absolute Gasteiger partial charge is 0.259 e. The maximum atomic E-state index is 11.8. The number of ether oxygens (including phenoxy) is 2. The molecule has 2 aromatic rings. The van der Waals surface area contributed by atoms with Crippen molar-refractivity contribution in [3.05, 3.63) is 27.8 Å². The fourth-order valence-corrected chi connectivity index (χ4v) is 1.89. The standard InChI is InChI=1S/C13H15ClN2O3/c1-3-4-5-19-11-7-9-8(6-10(11)18-2)12(17)16-13(14)15-9/h6-7H,3-5H2,1-2H3,(H,15,16,17). The van der Waals surface area contributed by atoms with Crippen molar-refractivity contribution in [2.45, 2.75) is 19.8 Å². The summed E-state index contributed by atoms with van der Waals surface area (Å²) in [6, 6.07) is 3.28. The second-order valence-electron chi connectivity index (χ2n) is 4.08. The number of unbranched alkanes of at least 4 members (excludes halogenated alkanes) is 1. The quantitative estimate of drug-likeness (QED) is 0.676. The molecule has 0 unspecified atom stereocenters. The van der Waals surface area contributed by atoms with Crippen molar-refractivity contribution in [3.8, 4) is 11.5 Å². The number of nitrogens with zero attached hydrogens (tertiary/aromatic N) is 1. The van der Waals surface area contributed by atoms with Gasteiger partial charge in [-0.25, -0.2) is 4.98 Å². The van der Waals surface area contributed by atoms with Gasteiger partial charge in [0.05, 0.1) is 24.6 Å². The van der Waals surface area contributed by atoms with Gasteiger partial charge in [0.15, 0.2) is 11.5 Å². The molecule has 19 heavy (non-hydrogen) atoms. The Balaban J connectivity index is 2.48. The maximum absolute atomic E-state index is 11.8. The number of H-pyrrole nitrogens is 1. The monoisotopic (exact) mass is 282 g/mol. The molecule has 5 nitrogen and oxygen atoms in total. The van der Waals surface area contributed by atoms with Gasteiger partial charge in [0, 0.05) is 6.07 Å². The fraction of sp³-hybridized carbons (Fsp3) is 0.385. The summed E-state index contributed by atoms with van der Waals surface area (Å²) in [5.41, 5.74) is 0.189. The van der Waals surface area contributed by atoms with Gasteiger partial charge in [0.2, 0.25) is 5.28 Å². The summed E-state index contributed by atoms with van der Waals surface area (Å²) in [5, 5.41) is 0.478. The van der Waals surface area contributed by atoms with Gasteiger partial charge < -0.3 is 9.47 Å². The Bertz CT molecular complexity index is 640. The number of rotatable bonds is 5. The summed E-state index contributed by atoms with van der Waals surface area (Å²) >= 11 is 5.74. The fourth-order valence-electron chi connectivity index (χ4n) is 1.72. The minimum absolute atomic E-state index is 0.0576. The molecule has 0 radical (unpaired) electrons. The molecule has 0 spiro atoms. The summed E-state index contributed by atoms with van der Waals surface area (Å²) in [7, 11) is 1.53. The third-order valence-corrected chi connectivity index (χ3v) is 2.90. The number of hydrogen-bond acceptors (Lipinski definition) is 4. The third kappa shape index (κ3) is 2.98. The minimum Gasteiger partial charge on any atom is -0.493 e. The Labute approximate surface area is 115 Å². The van der Waals surface area contributed by atoms with Gasteiger partial charge >= 0.3 is 0 Å². The van der Waals surface area contributed by atoms with Crippen molar-refractivity contribution in [2.75, 3.05) is 13.7 Å². The molecule has 0 atom stereocenters. The first-order valence-electron chi connectivity index (χ1n) is 6.06. The zero-order valence-corrected chi connectivity index (χ0v) is 11.6. The molecule has 1 aromatic heterocycles. The first-order valence-corrected chi connectivity index (χ1v) is 6.44. The van der Waals surface area contributed by atoms with E-state index >= 15 is 0 Å². The Kier molecular flexibility index (Phi) is 4.27. The second-order valence-corrected chi connectivity index (χ2v) is 4.44. The zero-order chi connectivity index (χ0) is 13.8. The number of aromatic amines is 1. The van der Waals surface area contributed by atoms with E-state index in [-0.39, 0.29) is 10.8 Å². The Hall–Kier alpha value is -1.75. The maximum Gasteiger partial charge on any atom is 0.259 e. The molecule has 0 amide bonds. The summed E-state index contributed by atoms with van der Waals surface area (Å²) in [4.78, 5) is 18.3. The van der Waals surface area contributed by atoms with E-state index in [4.69, 9.17) is 21.1 Å². The van der Waals surface area contributed by atoms with Crippen LogP contribution in [0.5, 0.6) is 11.5 Å². The van der Waals surface area contributed by atoms with E-state index in [0.29, 0.717) is 29.0 Å². The Morgan fingerprint density at radius 2 is 2.16 bits per heavy atom. The van der Waals surface area contributed by atoms with E-state index in [0.717, 1.165) is 12.8 Å². The Morgan fingerprint density at radius 1 is 1.37 bits per heavy atom. The number of fused-ring (bicyclic) bond motifs is 1. The molecule has 0 fully saturated rings. The number of hydrogen-bond donors (Lipinski definition) is 1. The highest BCUT2D eigenvalue weighted by Crippen LogP contribution is 2.30. The third-order valence-electron chi connectivity index (χ3n) is 2.72. The first-order chi connectivity index (χ1) is 9.15. The minimum atomic E-state index is -0.298. The summed E-state index contributed by atoms with van der Waals surface area (Å²) in [6.07, 6.45) is 1.99. The van der Waals surface area contributed by atoms with Crippen molar-refractivity contribution >= 4 is 22.5 Å². The molecule has 0 aliphatic carbocycles. The van der Waals surface area contributed by atoms with Gasteiger partial charge in [-0.2, -0.15) is 0 Å². The molecule has 2 rings (SSSR count). The van der Waals surface area contributed by atoms with E-state index in [1.54, 1.807) is 12.1 Å². The van der Waals surface area contributed by atoms with Gasteiger partial charge in [-0.05, 0) is 24.1 Å². The van der Waals surface area contributed by atoms with Gasteiger partial charge in [0.1, 0.15) is 0 Å². The van der Waals surface area contributed by atoms with Crippen molar-refractivity contribution in [1.82, 2.24) is 9.97 Å². The van der Waals surface area contributed by atoms with Crippen LogP contribution < -0.4 is 15.0 Å². The van der Waals surface area contributed by atoms with E-state index < -0.39 is 0 Å². The van der Waals surface area contributed by atoms with Crippen LogP contribution in [0, 0.1) is 0 Å². The van der Waals surface area contributed by atoms with Crippen molar-refractivity contribution in [2.24, 2.45) is 0 Å². The normalized spacial score (nSPS) is 10.7. The predicted octanol–water partition coefficient (Wildman–Crippen LogP) is 2.76. The SMILES string of the molecule is CCCCOc1cc2nc(Cl)[nH]c(=O)c2cc1OC. The van der Waals surface area contributed by atoms with Gasteiger partial charge in [-0.3, -0.25) is 9.78 Å². The van der Waals surface area contributed by atoms with Crippen LogP contribution in [0.2, 0.25) is 5.28 Å². The Morgan fingerprint density at radius 3 is 2.84 bits per heavy atom. The lowest BCUT2D eigenvalue weighted by molar-refractivity contribution is 0.289. The lowest BCUT2D eigenvalue weighted by Gasteiger charge is -2.11. The van der Waals surface area contributed by atoms with Gasteiger partial charge in [-0.15, -0.1) is 0 Å². The lowest BCUT2D eigenvalue weighted by Crippen LogP contribution is -2.08. The highest BCUT2D eigenvalue weighted by atomic mass is 35.5. The van der Waals surface area contributed by atoms with Crippen LogP contribution in [0.25, 0.3) is 10.9 Å². The van der Waals surface area contributed by atoms with Gasteiger partial charge in [-0.1, -0.05) is 13.3 Å². The molecular weight excluding hydrogens is 268 g/mol. The molecule has 1 heterocycles. The van der Waals surface area contributed by atoms with E-state index in [9.17, 15) is 4.79 Å². The molecule has 0 bridgehead atoms. The van der Waals surface area contributed by atoms with Gasteiger partial charge in [0.25, 0.3) is 5.56 Å². The lowest BCUT2D eigenvalue weighted by atomic mass is 10.2. The summed E-state index contributed by atoms with van der Waals surface area (Å²) < 4.78 is 10.9. The van der Waals surface area contributed by atoms with Crippen molar-refractivity contribution in [1.29, 1.82) is 0 Å². The molecule has 0 aliphatic heterocycles. The second kappa shape index (κ2) is 5.93. The van der Waals surface area contributed by atoms with E-state index in [1.807, 2.05) is 0 Å². The molecular formula is C13H15ClN2O3. The van der Waals surface area contributed by atoms with Crippen LogP contribution in [-0.2, 0) is 0 Å². The molecule has 1 aromatic carbocycles. The van der Waals surface area contributed by atoms with Crippen molar-refractivity contribution in [3.63, 3.8) is 0 Å². The zero-order valence-electron chi connectivity index (χ0n) is 10.8. The number of methoxy groups -OCH3 is 1. The average Bonchev–Trinajstić information content (AvgIpc) is 2.38. The number of benzene rings is 1. The highest BCUT2D eigenvalue weighted by molar-refractivity contribution is 6.28. The first kappa shape index (κ1) is 13.7. The van der Waals surface area contributed by atoms with E-state index in [1.165, 1.54) is 7.11 Å². The largest absolute Gasteiger partial charge is 0.493 e. The van der Waals surface area contributed by atoms with Crippen LogP contribution in [0.1, 0.15) is 19.8 Å². The average molecular weight is 283 g/mol. The molecule has 0 saturated heterocycles. The highest BCUT2D eigenvalue weighted by Gasteiger charge is 2.11. The summed E-state index contributed by atoms with van der Waals surface area (Å²) in [5.74, 6) is 1.08. The van der Waals surface area contributed by atoms with Crippen LogP contribution >= 0.6 is 11.6 Å². The molecule has 0 aliphatic rings. The van der Waals surface area contributed by atoms with Crippen LogP contribution in [0.4, 0.5) is 0 Å². The molecule has 6 heteroatoms. The number of nitrogens with one attached hydrogen (secondary N) is 1. The van der Waals surface area contributed by atoms with Crippen LogP contribution in [0.3, 0.4) is 0 Å². The predicted molar refractivity (Wildman–Crippen MR) is 74.3 cm³/mol.